The van der Waals surface area contributed by atoms with Gasteiger partial charge in [0.15, 0.2) is 0 Å². The fourth-order valence-electron chi connectivity index (χ4n) is 5.88. The average Bonchev–Trinajstić information content (AvgIpc) is 3.09. The summed E-state index contributed by atoms with van der Waals surface area (Å²) in [6.45, 7) is 7.99. The Morgan fingerprint density at radius 2 is 1.97 bits per heavy atom. The molecule has 0 aliphatic heterocycles. The van der Waals surface area contributed by atoms with Gasteiger partial charge in [0, 0.05) is 12.2 Å². The molecule has 0 spiro atoms. The third-order valence-corrected chi connectivity index (χ3v) is 7.29. The van der Waals surface area contributed by atoms with Crippen LogP contribution < -0.4 is 10.1 Å². The lowest BCUT2D eigenvalue weighted by Gasteiger charge is -2.58. The summed E-state index contributed by atoms with van der Waals surface area (Å²) in [6.07, 6.45) is 9.23. The molecule has 0 aromatic carbocycles. The van der Waals surface area contributed by atoms with E-state index in [-0.39, 0.29) is 29.3 Å². The Morgan fingerprint density at radius 1 is 1.31 bits per heavy atom. The van der Waals surface area contributed by atoms with E-state index in [0.717, 1.165) is 32.1 Å². The van der Waals surface area contributed by atoms with Gasteiger partial charge in [-0.25, -0.2) is 9.48 Å². The number of hydrogen-bond acceptors (Lipinski definition) is 5. The topological polar surface area (TPSA) is 114 Å². The summed E-state index contributed by atoms with van der Waals surface area (Å²) in [7, 11) is 0. The predicted molar refractivity (Wildman–Crippen MR) is 119 cm³/mol. The number of nitrogens with one attached hydrogen (secondary N) is 1. The van der Waals surface area contributed by atoms with Gasteiger partial charge < -0.3 is 20.3 Å². The molecule has 4 saturated carbocycles. The van der Waals surface area contributed by atoms with Crippen molar-refractivity contribution in [1.82, 2.24) is 15.1 Å². The number of carbonyl (C=O) groups is 2. The Hall–Kier alpha value is -2.35. The number of ether oxygens (including phenoxy) is 1. The number of aromatic carboxylic acids is 1. The lowest BCUT2D eigenvalue weighted by atomic mass is 9.52. The summed E-state index contributed by atoms with van der Waals surface area (Å²) < 4.78 is 7.07. The van der Waals surface area contributed by atoms with E-state index in [2.05, 4.69) is 10.4 Å². The number of carboxylic acid groups (broad SMARTS) is 1. The largest absolute Gasteiger partial charge is 0.477 e. The molecule has 32 heavy (non-hydrogen) atoms. The van der Waals surface area contributed by atoms with E-state index in [4.69, 9.17) is 4.74 Å². The van der Waals surface area contributed by atoms with Crippen LogP contribution in [-0.2, 0) is 4.79 Å². The van der Waals surface area contributed by atoms with Gasteiger partial charge in [0.1, 0.15) is 5.56 Å². The first-order valence-electron chi connectivity index (χ1n) is 11.6. The first-order valence-corrected chi connectivity index (χ1v) is 11.6. The maximum atomic E-state index is 13.2. The molecule has 1 amide bonds. The SMILES string of the molecule is CC(C)COc1c(C(=O)O)cnn1/C=C/C(C)(C)C(=O)N[C@H]1C2CC3CC1C[C@](O)(C3)C2. The number of aromatic nitrogens is 2. The van der Waals surface area contributed by atoms with E-state index in [1.807, 2.05) is 27.7 Å². The molecule has 4 bridgehead atoms. The Balaban J connectivity index is 1.46. The highest BCUT2D eigenvalue weighted by molar-refractivity contribution is 5.90. The Morgan fingerprint density at radius 3 is 2.53 bits per heavy atom. The molecule has 4 fully saturated rings. The van der Waals surface area contributed by atoms with Crippen molar-refractivity contribution >= 4 is 18.1 Å². The Bertz CT molecular complexity index is 903. The molecule has 0 saturated heterocycles. The summed E-state index contributed by atoms with van der Waals surface area (Å²) in [4.78, 5) is 24.7. The Kier molecular flexibility index (Phi) is 5.86. The number of rotatable bonds is 8. The third-order valence-electron chi connectivity index (χ3n) is 7.29. The van der Waals surface area contributed by atoms with Crippen molar-refractivity contribution in [3.05, 3.63) is 17.8 Å². The van der Waals surface area contributed by atoms with Crippen molar-refractivity contribution in [1.29, 1.82) is 0 Å². The van der Waals surface area contributed by atoms with Gasteiger partial charge in [-0.05, 0) is 69.6 Å². The molecule has 8 nitrogen and oxygen atoms in total. The maximum absolute atomic E-state index is 13.2. The molecule has 4 aliphatic rings. The number of carbonyl (C=O) groups excluding carboxylic acids is 1. The number of amides is 1. The van der Waals surface area contributed by atoms with Crippen LogP contribution in [0.5, 0.6) is 5.88 Å². The van der Waals surface area contributed by atoms with Gasteiger partial charge in [-0.2, -0.15) is 5.10 Å². The molecule has 2 atom stereocenters. The highest BCUT2D eigenvalue weighted by Crippen LogP contribution is 2.55. The Labute approximate surface area is 189 Å². The first kappa shape index (κ1) is 22.8. The molecule has 1 heterocycles. The number of aliphatic hydroxyl groups is 1. The summed E-state index contributed by atoms with van der Waals surface area (Å²) in [5.41, 5.74) is -1.36. The zero-order chi connectivity index (χ0) is 23.3. The fourth-order valence-corrected chi connectivity index (χ4v) is 5.88. The standard InChI is InChI=1S/C24H35N3O5/c1-14(2)13-32-20-18(21(28)29)12-25-27(20)6-5-23(3,4)22(30)26-19-16-7-15-8-17(19)11-24(31,9-15)10-16/h5-6,12,14-17,19,31H,7-11,13H2,1-4H3,(H,26,30)(H,28,29)/b6-5+/t15?,16?,17?,19-,24-. The van der Waals surface area contributed by atoms with Crippen molar-refractivity contribution in [3.63, 3.8) is 0 Å². The van der Waals surface area contributed by atoms with Crippen LogP contribution >= 0.6 is 0 Å². The molecule has 0 radical (unpaired) electrons. The van der Waals surface area contributed by atoms with E-state index in [1.54, 1.807) is 12.3 Å². The highest BCUT2D eigenvalue weighted by atomic mass is 16.5. The lowest BCUT2D eigenvalue weighted by molar-refractivity contribution is -0.149. The normalized spacial score (nSPS) is 31.4. The molecule has 1 aromatic heterocycles. The zero-order valence-corrected chi connectivity index (χ0v) is 19.4. The van der Waals surface area contributed by atoms with E-state index in [0.29, 0.717) is 24.4 Å². The van der Waals surface area contributed by atoms with Crippen LogP contribution in [0.15, 0.2) is 12.3 Å². The third kappa shape index (κ3) is 4.42. The van der Waals surface area contributed by atoms with Crippen LogP contribution in [-0.4, -0.2) is 50.1 Å². The average molecular weight is 446 g/mol. The molecule has 5 rings (SSSR count). The van der Waals surface area contributed by atoms with Crippen molar-refractivity contribution in [2.45, 2.75) is 71.4 Å². The van der Waals surface area contributed by atoms with E-state index >= 15 is 0 Å². The van der Waals surface area contributed by atoms with Gasteiger partial charge in [-0.1, -0.05) is 19.9 Å². The summed E-state index contributed by atoms with van der Waals surface area (Å²) >= 11 is 0. The predicted octanol–water partition coefficient (Wildman–Crippen LogP) is 3.17. The molecular weight excluding hydrogens is 410 g/mol. The molecule has 3 N–H and O–H groups in total. The monoisotopic (exact) mass is 445 g/mol. The fraction of sp³-hybridized carbons (Fsp3) is 0.708. The minimum absolute atomic E-state index is 0.0101. The van der Waals surface area contributed by atoms with Crippen LogP contribution in [0.4, 0.5) is 0 Å². The van der Waals surface area contributed by atoms with Crippen LogP contribution in [0.2, 0.25) is 0 Å². The van der Waals surface area contributed by atoms with E-state index in [1.165, 1.54) is 10.9 Å². The molecule has 176 valence electrons. The molecule has 2 unspecified atom stereocenters. The number of nitrogens with zero attached hydrogens (tertiary/aromatic N) is 2. The van der Waals surface area contributed by atoms with Crippen LogP contribution in [0.1, 0.15) is 70.2 Å². The lowest BCUT2D eigenvalue weighted by Crippen LogP contribution is -2.62. The van der Waals surface area contributed by atoms with E-state index < -0.39 is 17.0 Å². The van der Waals surface area contributed by atoms with Crippen molar-refractivity contribution < 1.29 is 24.5 Å². The van der Waals surface area contributed by atoms with Crippen LogP contribution in [0, 0.1) is 29.1 Å². The van der Waals surface area contributed by atoms with Crippen molar-refractivity contribution in [2.24, 2.45) is 29.1 Å². The van der Waals surface area contributed by atoms with Gasteiger partial charge >= 0.3 is 5.97 Å². The van der Waals surface area contributed by atoms with Gasteiger partial charge in [-0.3, -0.25) is 4.79 Å². The van der Waals surface area contributed by atoms with Crippen molar-refractivity contribution in [3.8, 4) is 5.88 Å². The summed E-state index contributed by atoms with van der Waals surface area (Å²) in [5, 5.41) is 27.6. The summed E-state index contributed by atoms with van der Waals surface area (Å²) in [5.74, 6) is 0.479. The smallest absolute Gasteiger partial charge is 0.342 e. The van der Waals surface area contributed by atoms with E-state index in [9.17, 15) is 19.8 Å². The molecule has 4 aliphatic carbocycles. The molecule has 1 aromatic rings. The summed E-state index contributed by atoms with van der Waals surface area (Å²) in [6, 6.07) is 0.111. The zero-order valence-electron chi connectivity index (χ0n) is 19.4. The highest BCUT2D eigenvalue weighted by Gasteiger charge is 2.55. The minimum atomic E-state index is -1.11. The quantitative estimate of drug-likeness (QED) is 0.566. The maximum Gasteiger partial charge on any atom is 0.342 e. The number of carboxylic acids is 1. The number of hydrogen-bond donors (Lipinski definition) is 3. The van der Waals surface area contributed by atoms with Crippen LogP contribution in [0.3, 0.4) is 0 Å². The van der Waals surface area contributed by atoms with Crippen LogP contribution in [0.25, 0.3) is 6.20 Å². The second kappa shape index (κ2) is 8.21. The first-order chi connectivity index (χ1) is 15.0. The minimum Gasteiger partial charge on any atom is -0.477 e. The molecule has 8 heteroatoms. The van der Waals surface area contributed by atoms with Gasteiger partial charge in [-0.15, -0.1) is 0 Å². The van der Waals surface area contributed by atoms with Gasteiger partial charge in [0.2, 0.25) is 11.8 Å². The molecular formula is C24H35N3O5. The van der Waals surface area contributed by atoms with Crippen molar-refractivity contribution in [2.75, 3.05) is 6.61 Å². The van der Waals surface area contributed by atoms with Gasteiger partial charge in [0.25, 0.3) is 0 Å². The second-order valence-corrected chi connectivity index (χ2v) is 11.0. The second-order valence-electron chi connectivity index (χ2n) is 11.0. The van der Waals surface area contributed by atoms with Gasteiger partial charge in [0.05, 0.1) is 23.8 Å².